The Labute approximate surface area is 197 Å². The van der Waals surface area contributed by atoms with E-state index in [1.54, 1.807) is 18.5 Å². The number of carbonyl (C=O) groups is 2. The van der Waals surface area contributed by atoms with Crippen molar-refractivity contribution in [2.24, 2.45) is 0 Å². The number of rotatable bonds is 5. The molecule has 1 atom stereocenters. The van der Waals surface area contributed by atoms with Crippen LogP contribution in [0.15, 0.2) is 54.9 Å². The SMILES string of the molecule is CC(C)Oc1cc(-c2cn[nH]c2)ccc1NC(=O)C1COc2ccccc2O1.O=C(O)C(F)(F)F. The number of H-pyrrole nitrogens is 1. The van der Waals surface area contributed by atoms with Crippen molar-refractivity contribution < 1.29 is 42.1 Å². The second kappa shape index (κ2) is 10.8. The summed E-state index contributed by atoms with van der Waals surface area (Å²) in [7, 11) is 0. The third kappa shape index (κ3) is 6.88. The number of anilines is 1. The van der Waals surface area contributed by atoms with Crippen molar-refractivity contribution in [2.45, 2.75) is 32.2 Å². The van der Waals surface area contributed by atoms with Gasteiger partial charge in [0.2, 0.25) is 6.10 Å². The predicted octanol–water partition coefficient (Wildman–Crippen LogP) is 4.28. The molecule has 2 heterocycles. The average molecular weight is 493 g/mol. The van der Waals surface area contributed by atoms with E-state index in [0.29, 0.717) is 22.9 Å². The highest BCUT2D eigenvalue weighted by Gasteiger charge is 2.38. The number of hydrogen-bond donors (Lipinski definition) is 3. The van der Waals surface area contributed by atoms with Gasteiger partial charge in [-0.25, -0.2) is 4.79 Å². The number of nitrogens with zero attached hydrogens (tertiary/aromatic N) is 1. The molecular formula is C23H22F3N3O6. The lowest BCUT2D eigenvalue weighted by molar-refractivity contribution is -0.192. The number of aromatic amines is 1. The number of carboxylic acid groups (broad SMARTS) is 1. The van der Waals surface area contributed by atoms with E-state index in [4.69, 9.17) is 24.1 Å². The molecule has 1 unspecified atom stereocenters. The normalized spacial score (nSPS) is 14.5. The quantitative estimate of drug-likeness (QED) is 0.485. The number of ether oxygens (including phenoxy) is 3. The van der Waals surface area contributed by atoms with Crippen LogP contribution in [0, 0.1) is 0 Å². The molecule has 1 aromatic heterocycles. The van der Waals surface area contributed by atoms with Gasteiger partial charge in [0.1, 0.15) is 12.4 Å². The van der Waals surface area contributed by atoms with Crippen LogP contribution in [0.1, 0.15) is 13.8 Å². The summed E-state index contributed by atoms with van der Waals surface area (Å²) >= 11 is 0. The van der Waals surface area contributed by atoms with Crippen LogP contribution < -0.4 is 19.5 Å². The highest BCUT2D eigenvalue weighted by atomic mass is 19.4. The third-order valence-corrected chi connectivity index (χ3v) is 4.48. The van der Waals surface area contributed by atoms with Crippen LogP contribution in [0.25, 0.3) is 11.1 Å². The number of benzene rings is 2. The molecule has 2 aromatic carbocycles. The first-order valence-electron chi connectivity index (χ1n) is 10.3. The number of carbonyl (C=O) groups excluding carboxylic acids is 1. The van der Waals surface area contributed by atoms with Gasteiger partial charge in [-0.1, -0.05) is 18.2 Å². The smallest absolute Gasteiger partial charge is 0.489 e. The largest absolute Gasteiger partial charge is 0.490 e. The lowest BCUT2D eigenvalue weighted by Gasteiger charge is -2.26. The summed E-state index contributed by atoms with van der Waals surface area (Å²) in [6.07, 6.45) is -2.33. The van der Waals surface area contributed by atoms with Crippen LogP contribution in [0.4, 0.5) is 18.9 Å². The van der Waals surface area contributed by atoms with Crippen molar-refractivity contribution in [3.63, 3.8) is 0 Å². The molecule has 0 fully saturated rings. The van der Waals surface area contributed by atoms with E-state index in [1.807, 2.05) is 50.2 Å². The van der Waals surface area contributed by atoms with E-state index >= 15 is 0 Å². The van der Waals surface area contributed by atoms with Gasteiger partial charge in [-0.2, -0.15) is 18.3 Å². The van der Waals surface area contributed by atoms with Crippen LogP contribution in [-0.2, 0) is 9.59 Å². The van der Waals surface area contributed by atoms with Crippen molar-refractivity contribution in [2.75, 3.05) is 11.9 Å². The first-order chi connectivity index (χ1) is 16.5. The van der Waals surface area contributed by atoms with Gasteiger partial charge in [0.15, 0.2) is 11.5 Å². The van der Waals surface area contributed by atoms with E-state index in [0.717, 1.165) is 11.1 Å². The van der Waals surface area contributed by atoms with E-state index in [2.05, 4.69) is 15.5 Å². The molecule has 35 heavy (non-hydrogen) atoms. The molecule has 3 aromatic rings. The van der Waals surface area contributed by atoms with Crippen LogP contribution in [0.5, 0.6) is 17.2 Å². The van der Waals surface area contributed by atoms with Crippen molar-refractivity contribution in [3.05, 3.63) is 54.9 Å². The number of hydrogen-bond acceptors (Lipinski definition) is 6. The zero-order chi connectivity index (χ0) is 25.6. The summed E-state index contributed by atoms with van der Waals surface area (Å²) in [5, 5.41) is 16.8. The minimum atomic E-state index is -5.08. The number of nitrogens with one attached hydrogen (secondary N) is 2. The van der Waals surface area contributed by atoms with E-state index in [-0.39, 0.29) is 18.6 Å². The maximum atomic E-state index is 12.7. The fourth-order valence-corrected chi connectivity index (χ4v) is 2.93. The molecule has 0 radical (unpaired) electrons. The molecule has 0 saturated carbocycles. The maximum absolute atomic E-state index is 12.7. The van der Waals surface area contributed by atoms with Crippen molar-refractivity contribution in [1.29, 1.82) is 0 Å². The van der Waals surface area contributed by atoms with Crippen LogP contribution in [0.2, 0.25) is 0 Å². The summed E-state index contributed by atoms with van der Waals surface area (Å²) in [5.74, 6) is -1.27. The van der Waals surface area contributed by atoms with E-state index < -0.39 is 18.2 Å². The number of aromatic nitrogens is 2. The summed E-state index contributed by atoms with van der Waals surface area (Å²) in [5.41, 5.74) is 2.45. The number of carboxylic acids is 1. The Bertz CT molecular complexity index is 1170. The van der Waals surface area contributed by atoms with E-state index in [9.17, 15) is 18.0 Å². The number of para-hydroxylation sites is 2. The van der Waals surface area contributed by atoms with Gasteiger partial charge in [0.25, 0.3) is 5.91 Å². The molecule has 186 valence electrons. The minimum absolute atomic E-state index is 0.0450. The molecular weight excluding hydrogens is 471 g/mol. The Balaban J connectivity index is 0.000000429. The van der Waals surface area contributed by atoms with E-state index in [1.165, 1.54) is 0 Å². The summed E-state index contributed by atoms with van der Waals surface area (Å²) in [6, 6.07) is 12.9. The average Bonchev–Trinajstić information content (AvgIpc) is 3.34. The number of amides is 1. The number of fused-ring (bicyclic) bond motifs is 1. The monoisotopic (exact) mass is 493 g/mol. The summed E-state index contributed by atoms with van der Waals surface area (Å²) in [4.78, 5) is 21.6. The molecule has 0 aliphatic carbocycles. The standard InChI is InChI=1S/C21H21N3O4.C2HF3O2/c1-13(2)27-19-9-14(15-10-22-23-11-15)7-8-16(19)24-21(25)20-12-26-17-5-3-4-6-18(17)28-20;3-2(4,5)1(6)7/h3-11,13,20H,12H2,1-2H3,(H,22,23)(H,24,25);(H,6,7). The molecule has 12 heteroatoms. The van der Waals surface area contributed by atoms with Gasteiger partial charge in [0, 0.05) is 11.8 Å². The maximum Gasteiger partial charge on any atom is 0.490 e. The Morgan fingerprint density at radius 1 is 1.17 bits per heavy atom. The van der Waals surface area contributed by atoms with Crippen LogP contribution in [-0.4, -0.2) is 52.2 Å². The molecule has 4 rings (SSSR count). The zero-order valence-electron chi connectivity index (χ0n) is 18.6. The van der Waals surface area contributed by atoms with Gasteiger partial charge in [-0.3, -0.25) is 9.89 Å². The Hall–Kier alpha value is -4.22. The molecule has 1 aliphatic heterocycles. The highest BCUT2D eigenvalue weighted by Crippen LogP contribution is 2.33. The topological polar surface area (TPSA) is 123 Å². The van der Waals surface area contributed by atoms with Crippen molar-refractivity contribution in [3.8, 4) is 28.4 Å². The Kier molecular flexibility index (Phi) is 7.84. The first kappa shape index (κ1) is 25.4. The molecule has 0 saturated heterocycles. The fraction of sp³-hybridized carbons (Fsp3) is 0.261. The number of alkyl halides is 3. The first-order valence-corrected chi connectivity index (χ1v) is 10.3. The second-order valence-electron chi connectivity index (χ2n) is 7.52. The highest BCUT2D eigenvalue weighted by molar-refractivity contribution is 5.96. The van der Waals surface area contributed by atoms with Gasteiger partial charge >= 0.3 is 12.1 Å². The lowest BCUT2D eigenvalue weighted by Crippen LogP contribution is -2.40. The Morgan fingerprint density at radius 3 is 2.46 bits per heavy atom. The van der Waals surface area contributed by atoms with Gasteiger partial charge in [-0.05, 0) is 43.7 Å². The van der Waals surface area contributed by atoms with Crippen LogP contribution >= 0.6 is 0 Å². The lowest BCUT2D eigenvalue weighted by atomic mass is 10.1. The van der Waals surface area contributed by atoms with Crippen molar-refractivity contribution >= 4 is 17.6 Å². The summed E-state index contributed by atoms with van der Waals surface area (Å²) in [6.45, 7) is 4.02. The molecule has 1 aliphatic rings. The predicted molar refractivity (Wildman–Crippen MR) is 118 cm³/mol. The molecule has 0 spiro atoms. The number of aliphatic carboxylic acids is 1. The molecule has 0 bridgehead atoms. The number of halogens is 3. The fourth-order valence-electron chi connectivity index (χ4n) is 2.93. The molecule has 3 N–H and O–H groups in total. The molecule has 1 amide bonds. The molecule has 9 nitrogen and oxygen atoms in total. The van der Waals surface area contributed by atoms with Gasteiger partial charge in [0.05, 0.1) is 18.0 Å². The summed E-state index contributed by atoms with van der Waals surface area (Å²) < 4.78 is 49.1. The second-order valence-corrected chi connectivity index (χ2v) is 7.52. The van der Waals surface area contributed by atoms with Gasteiger partial charge < -0.3 is 24.6 Å². The van der Waals surface area contributed by atoms with Crippen molar-refractivity contribution in [1.82, 2.24) is 10.2 Å². The van der Waals surface area contributed by atoms with Gasteiger partial charge in [-0.15, -0.1) is 0 Å². The minimum Gasteiger partial charge on any atom is -0.489 e. The Morgan fingerprint density at radius 2 is 1.86 bits per heavy atom. The van der Waals surface area contributed by atoms with Crippen LogP contribution in [0.3, 0.4) is 0 Å². The zero-order valence-corrected chi connectivity index (χ0v) is 18.6. The third-order valence-electron chi connectivity index (χ3n) is 4.48.